The van der Waals surface area contributed by atoms with Crippen molar-refractivity contribution in [2.75, 3.05) is 0 Å². The maximum Gasteiger partial charge on any atom is 0.316 e. The fourth-order valence-corrected chi connectivity index (χ4v) is 0. The first-order valence-electron chi connectivity index (χ1n) is 0. The molecule has 0 rings (SSSR count). The molecule has 0 aliphatic heterocycles. The molecule has 4 heteroatoms. The molecule has 0 amide bonds. The van der Waals surface area contributed by atoms with Crippen LogP contribution in [-0.4, -0.2) is 23.1 Å². The molecule has 1 radical (unpaired) electrons. The summed E-state index contributed by atoms with van der Waals surface area (Å²) in [7, 11) is 0. The van der Waals surface area contributed by atoms with E-state index in [2.05, 4.69) is 0 Å². The van der Waals surface area contributed by atoms with E-state index in [9.17, 15) is 0 Å². The average molecular weight is 178 g/mol. The Labute approximate surface area is 69.2 Å². The molecule has 0 heterocycles. The van der Waals surface area contributed by atoms with Gasteiger partial charge in [0.1, 0.15) is 0 Å². The minimum atomic E-state index is 0. The molecule has 0 unspecified atom stereocenters. The van der Waals surface area contributed by atoms with Gasteiger partial charge in [0, 0.05) is 33.3 Å². The van der Waals surface area contributed by atoms with Crippen molar-refractivity contribution in [2.24, 2.45) is 0 Å². The van der Waals surface area contributed by atoms with E-state index >= 15 is 0 Å². The van der Waals surface area contributed by atoms with E-state index in [-0.39, 0.29) is 69.8 Å². The van der Waals surface area contributed by atoms with Crippen molar-refractivity contribution in [3.05, 3.63) is 0 Å². The third-order valence-electron chi connectivity index (χ3n) is 0. The Morgan fingerprint density at radius 1 is 1.00 bits per heavy atom. The number of hydrogen-bond acceptors (Lipinski definition) is 0. The summed E-state index contributed by atoms with van der Waals surface area (Å²) in [6, 6.07) is 0. The molecule has 31 valence electrons. The summed E-state index contributed by atoms with van der Waals surface area (Å²) in [6.45, 7) is 0. The third kappa shape index (κ3) is 8.93. The van der Waals surface area contributed by atoms with Crippen LogP contribution in [0.1, 0.15) is 0 Å². The molecule has 0 saturated heterocycles. The van der Waals surface area contributed by atoms with Gasteiger partial charge in [-0.25, -0.2) is 0 Å². The Morgan fingerprint density at radius 2 is 1.00 bits per heavy atom. The van der Waals surface area contributed by atoms with Gasteiger partial charge in [0.2, 0.25) is 0 Å². The van der Waals surface area contributed by atoms with Crippen LogP contribution in [0.5, 0.6) is 0 Å². The normalized spacial score (nSPS) is 0. The van der Waals surface area contributed by atoms with Crippen molar-refractivity contribution >= 4 is 36.5 Å². The molecule has 0 saturated carbocycles. The van der Waals surface area contributed by atoms with Crippen molar-refractivity contribution in [1.29, 1.82) is 0 Å². The van der Waals surface area contributed by atoms with Crippen molar-refractivity contribution < 1.29 is 33.3 Å². The Bertz CT molecular complexity index is 8.00. The molecule has 0 aliphatic rings. The zero-order chi connectivity index (χ0) is 0. The molecule has 4 heavy (non-hydrogen) atoms. The summed E-state index contributed by atoms with van der Waals surface area (Å²) in [5.74, 6) is 0. The van der Waals surface area contributed by atoms with Crippen molar-refractivity contribution in [3.63, 3.8) is 0 Å². The van der Waals surface area contributed by atoms with Gasteiger partial charge in [-0.1, -0.05) is 0 Å². The van der Waals surface area contributed by atoms with E-state index in [1.807, 2.05) is 0 Å². The number of rotatable bonds is 0. The van der Waals surface area contributed by atoms with E-state index in [1.54, 1.807) is 0 Å². The van der Waals surface area contributed by atoms with Crippen molar-refractivity contribution in [2.45, 2.75) is 0 Å². The summed E-state index contributed by atoms with van der Waals surface area (Å²) in [5.41, 5.74) is 0. The van der Waals surface area contributed by atoms with Gasteiger partial charge in [-0.15, -0.1) is 0 Å². The summed E-state index contributed by atoms with van der Waals surface area (Å²) in [4.78, 5) is 0. The minimum Gasteiger partial charge on any atom is -0.197 e. The van der Waals surface area contributed by atoms with Crippen LogP contribution in [0.4, 0.5) is 0 Å². The summed E-state index contributed by atoms with van der Waals surface area (Å²) < 4.78 is 0. The van der Waals surface area contributed by atoms with Crippen LogP contribution in [0.3, 0.4) is 0 Å². The maximum absolute atomic E-state index is 0. The molecule has 0 fully saturated rings. The zero-order valence-corrected chi connectivity index (χ0v) is 4.18. The van der Waals surface area contributed by atoms with Crippen LogP contribution in [0, 0.1) is 0 Å². The standard InChI is InChI=1S/Co.Mg.Ni.H2S.2H/h;;;1H2;;. The van der Waals surface area contributed by atoms with Gasteiger partial charge in [0.25, 0.3) is 0 Å². The van der Waals surface area contributed by atoms with Gasteiger partial charge >= 0.3 is 23.1 Å². The molecule has 0 spiro atoms. The second-order valence-electron chi connectivity index (χ2n) is 0. The molecular formula is H4CoMgNiS. The third-order valence-corrected chi connectivity index (χ3v) is 0. The predicted octanol–water partition coefficient (Wildman–Crippen LogP) is -0.808. The second kappa shape index (κ2) is 19.4. The van der Waals surface area contributed by atoms with Crippen molar-refractivity contribution in [1.82, 2.24) is 0 Å². The molecule has 0 atom stereocenters. The van der Waals surface area contributed by atoms with Crippen LogP contribution < -0.4 is 0 Å². The largest absolute Gasteiger partial charge is 0.316 e. The van der Waals surface area contributed by atoms with E-state index in [0.717, 1.165) is 0 Å². The predicted molar refractivity (Wildman–Crippen MR) is 18.9 cm³/mol. The Morgan fingerprint density at radius 3 is 1.00 bits per heavy atom. The Kier molecular flexibility index (Phi) is 173. The fourth-order valence-electron chi connectivity index (χ4n) is 0. The van der Waals surface area contributed by atoms with Crippen LogP contribution in [0.15, 0.2) is 0 Å². The van der Waals surface area contributed by atoms with Gasteiger partial charge < -0.3 is 0 Å². The Balaban J connectivity index is 0. The van der Waals surface area contributed by atoms with Crippen LogP contribution in [-0.2, 0) is 33.3 Å². The van der Waals surface area contributed by atoms with Gasteiger partial charge in [-0.05, 0) is 0 Å². The molecule has 0 aromatic carbocycles. The first-order valence-corrected chi connectivity index (χ1v) is 0. The molecule has 0 nitrogen and oxygen atoms in total. The molecule has 0 aromatic rings. The number of hydrogen-bond donors (Lipinski definition) is 0. The first kappa shape index (κ1) is 35.7. The molecule has 0 aromatic heterocycles. The topological polar surface area (TPSA) is 0 Å². The fraction of sp³-hybridized carbons (Fsp3) is 0. The molecule has 0 aliphatic carbocycles. The SMILES string of the molecule is S.[Co].[MgH2].[Ni]. The van der Waals surface area contributed by atoms with Gasteiger partial charge in [-0.2, -0.15) is 13.5 Å². The van der Waals surface area contributed by atoms with Crippen LogP contribution in [0.2, 0.25) is 0 Å². The maximum atomic E-state index is 0. The van der Waals surface area contributed by atoms with Crippen LogP contribution in [0.25, 0.3) is 0 Å². The summed E-state index contributed by atoms with van der Waals surface area (Å²) in [5, 5.41) is 0. The van der Waals surface area contributed by atoms with Crippen LogP contribution >= 0.6 is 13.5 Å². The molecule has 0 bridgehead atoms. The second-order valence-corrected chi connectivity index (χ2v) is 0. The molecule has 0 N–H and O–H groups in total. The van der Waals surface area contributed by atoms with Gasteiger partial charge in [0.05, 0.1) is 0 Å². The first-order chi connectivity index (χ1) is 0. The summed E-state index contributed by atoms with van der Waals surface area (Å²) >= 11 is 0. The van der Waals surface area contributed by atoms with E-state index in [0.29, 0.717) is 0 Å². The van der Waals surface area contributed by atoms with E-state index in [1.165, 1.54) is 0 Å². The monoisotopic (exact) mass is 177 g/mol. The smallest absolute Gasteiger partial charge is 0.197 e. The van der Waals surface area contributed by atoms with E-state index < -0.39 is 0 Å². The quantitative estimate of drug-likeness (QED) is 0.425. The average Bonchev–Trinajstić information content (AvgIpc) is 0. The van der Waals surface area contributed by atoms with E-state index in [4.69, 9.17) is 0 Å². The van der Waals surface area contributed by atoms with Gasteiger partial charge in [-0.3, -0.25) is 0 Å². The molecular weight excluding hydrogens is 174 g/mol. The minimum absolute atomic E-state index is 0. The Hall–Kier alpha value is 2.12. The van der Waals surface area contributed by atoms with Crippen molar-refractivity contribution in [3.8, 4) is 0 Å². The zero-order valence-electron chi connectivity index (χ0n) is 1.15. The summed E-state index contributed by atoms with van der Waals surface area (Å²) in [6.07, 6.45) is 0. The van der Waals surface area contributed by atoms with Gasteiger partial charge in [0.15, 0.2) is 0 Å².